The van der Waals surface area contributed by atoms with Crippen LogP contribution in [-0.4, -0.2) is 45.3 Å². The SMILES string of the molecule is Fc1cnc(N2CCN(c3n[nH]c4c(F)ccc(F)c34)C3(CC3)C2)nc1. The Morgan fingerprint density at radius 3 is 2.46 bits per heavy atom. The summed E-state index contributed by atoms with van der Waals surface area (Å²) in [7, 11) is 0. The molecule has 3 aromatic rings. The van der Waals surface area contributed by atoms with Crippen LogP contribution >= 0.6 is 0 Å². The van der Waals surface area contributed by atoms with Gasteiger partial charge in [-0.1, -0.05) is 0 Å². The van der Waals surface area contributed by atoms with E-state index in [1.54, 1.807) is 0 Å². The molecule has 0 atom stereocenters. The molecular formula is C17H15F3N6. The Balaban J connectivity index is 1.49. The molecule has 134 valence electrons. The fourth-order valence-electron chi connectivity index (χ4n) is 3.76. The Labute approximate surface area is 146 Å². The zero-order valence-electron chi connectivity index (χ0n) is 13.7. The number of benzene rings is 1. The number of hydrogen-bond acceptors (Lipinski definition) is 5. The first-order valence-corrected chi connectivity index (χ1v) is 8.40. The van der Waals surface area contributed by atoms with Crippen LogP contribution in [0.25, 0.3) is 10.9 Å². The van der Waals surface area contributed by atoms with Crippen molar-refractivity contribution in [2.75, 3.05) is 29.4 Å². The molecule has 1 spiro atoms. The van der Waals surface area contributed by atoms with Gasteiger partial charge < -0.3 is 9.80 Å². The lowest BCUT2D eigenvalue weighted by Crippen LogP contribution is -2.56. The highest BCUT2D eigenvalue weighted by Gasteiger charge is 2.53. The summed E-state index contributed by atoms with van der Waals surface area (Å²) in [6, 6.07) is 2.22. The lowest BCUT2D eigenvalue weighted by molar-refractivity contribution is 0.497. The number of fused-ring (bicyclic) bond motifs is 1. The number of aromatic nitrogens is 4. The van der Waals surface area contributed by atoms with Crippen LogP contribution in [0.1, 0.15) is 12.8 Å². The summed E-state index contributed by atoms with van der Waals surface area (Å²) in [5.74, 6) is -0.585. The first-order chi connectivity index (χ1) is 12.6. The molecule has 0 amide bonds. The normalized spacial score (nSPS) is 18.7. The van der Waals surface area contributed by atoms with Crippen molar-refractivity contribution in [2.24, 2.45) is 0 Å². The van der Waals surface area contributed by atoms with Crippen LogP contribution < -0.4 is 9.80 Å². The van der Waals surface area contributed by atoms with Crippen molar-refractivity contribution in [2.45, 2.75) is 18.4 Å². The molecule has 1 aromatic carbocycles. The topological polar surface area (TPSA) is 60.9 Å². The van der Waals surface area contributed by atoms with E-state index >= 15 is 0 Å². The third kappa shape index (κ3) is 2.23. The van der Waals surface area contributed by atoms with Crippen molar-refractivity contribution in [3.63, 3.8) is 0 Å². The second kappa shape index (κ2) is 5.33. The maximum Gasteiger partial charge on any atom is 0.225 e. The molecule has 1 saturated carbocycles. The van der Waals surface area contributed by atoms with Crippen LogP contribution in [0.4, 0.5) is 24.9 Å². The average molecular weight is 360 g/mol. The van der Waals surface area contributed by atoms with Crippen molar-refractivity contribution in [1.82, 2.24) is 20.2 Å². The van der Waals surface area contributed by atoms with Crippen LogP contribution in [0.3, 0.4) is 0 Å². The third-order valence-electron chi connectivity index (χ3n) is 5.22. The van der Waals surface area contributed by atoms with Gasteiger partial charge in [0.2, 0.25) is 5.95 Å². The standard InChI is InChI=1S/C17H15F3N6/c18-10-7-21-16(22-8-10)25-5-6-26(17(9-25)3-4-17)15-13-11(19)1-2-12(20)14(13)23-24-15/h1-2,7-8H,3-6,9H2,(H,23,24). The van der Waals surface area contributed by atoms with E-state index in [1.807, 2.05) is 9.80 Å². The fourth-order valence-corrected chi connectivity index (χ4v) is 3.76. The van der Waals surface area contributed by atoms with Crippen molar-refractivity contribution in [3.05, 3.63) is 42.0 Å². The predicted octanol–water partition coefficient (Wildman–Crippen LogP) is 2.63. The van der Waals surface area contributed by atoms with E-state index in [1.165, 1.54) is 0 Å². The van der Waals surface area contributed by atoms with Crippen molar-refractivity contribution >= 4 is 22.7 Å². The number of rotatable bonds is 2. The van der Waals surface area contributed by atoms with E-state index in [4.69, 9.17) is 0 Å². The van der Waals surface area contributed by atoms with E-state index in [0.29, 0.717) is 31.4 Å². The average Bonchev–Trinajstić information content (AvgIpc) is 3.24. The molecule has 0 radical (unpaired) electrons. The Bertz CT molecular complexity index is 982. The Morgan fingerprint density at radius 2 is 1.73 bits per heavy atom. The van der Waals surface area contributed by atoms with Crippen molar-refractivity contribution in [1.29, 1.82) is 0 Å². The van der Waals surface area contributed by atoms with Gasteiger partial charge in [-0.05, 0) is 25.0 Å². The van der Waals surface area contributed by atoms with Gasteiger partial charge in [0, 0.05) is 19.6 Å². The molecule has 1 aliphatic carbocycles. The second-order valence-electron chi connectivity index (χ2n) is 6.83. The number of halogens is 3. The maximum absolute atomic E-state index is 14.3. The Hall–Kier alpha value is -2.84. The van der Waals surface area contributed by atoms with Crippen molar-refractivity contribution in [3.8, 4) is 0 Å². The molecule has 2 aliphatic rings. The molecule has 2 aromatic heterocycles. The molecule has 5 rings (SSSR count). The molecule has 9 heteroatoms. The van der Waals surface area contributed by atoms with E-state index < -0.39 is 17.5 Å². The molecular weight excluding hydrogens is 345 g/mol. The highest BCUT2D eigenvalue weighted by Crippen LogP contribution is 2.48. The van der Waals surface area contributed by atoms with Gasteiger partial charge >= 0.3 is 0 Å². The monoisotopic (exact) mass is 360 g/mol. The van der Waals surface area contributed by atoms with Crippen LogP contribution in [-0.2, 0) is 0 Å². The molecule has 6 nitrogen and oxygen atoms in total. The van der Waals surface area contributed by atoms with Crippen LogP contribution in [0.15, 0.2) is 24.5 Å². The number of nitrogens with one attached hydrogen (secondary N) is 1. The summed E-state index contributed by atoms with van der Waals surface area (Å²) in [4.78, 5) is 12.1. The Kier molecular flexibility index (Phi) is 3.16. The summed E-state index contributed by atoms with van der Waals surface area (Å²) in [6.45, 7) is 1.78. The van der Waals surface area contributed by atoms with Gasteiger partial charge in [-0.2, -0.15) is 5.10 Å². The number of H-pyrrole nitrogens is 1. The van der Waals surface area contributed by atoms with Crippen LogP contribution in [0.2, 0.25) is 0 Å². The van der Waals surface area contributed by atoms with Crippen LogP contribution in [0, 0.1) is 17.5 Å². The molecule has 1 aliphatic heterocycles. The van der Waals surface area contributed by atoms with Gasteiger partial charge in [0.25, 0.3) is 0 Å². The summed E-state index contributed by atoms with van der Waals surface area (Å²) >= 11 is 0. The van der Waals surface area contributed by atoms with Crippen LogP contribution in [0.5, 0.6) is 0 Å². The first kappa shape index (κ1) is 15.4. The van der Waals surface area contributed by atoms with Crippen molar-refractivity contribution < 1.29 is 13.2 Å². The number of nitrogens with zero attached hydrogens (tertiary/aromatic N) is 5. The molecule has 1 saturated heterocycles. The minimum Gasteiger partial charge on any atom is -0.345 e. The Morgan fingerprint density at radius 1 is 1.00 bits per heavy atom. The molecule has 0 unspecified atom stereocenters. The maximum atomic E-state index is 14.3. The molecule has 0 bridgehead atoms. The van der Waals surface area contributed by atoms with Gasteiger partial charge in [-0.15, -0.1) is 0 Å². The van der Waals surface area contributed by atoms with E-state index in [0.717, 1.165) is 37.4 Å². The van der Waals surface area contributed by atoms with Gasteiger partial charge in [0.15, 0.2) is 11.6 Å². The number of aromatic amines is 1. The minimum absolute atomic E-state index is 0.0834. The van der Waals surface area contributed by atoms with Gasteiger partial charge in [0.05, 0.1) is 23.3 Å². The van der Waals surface area contributed by atoms with Gasteiger partial charge in [0.1, 0.15) is 17.2 Å². The lowest BCUT2D eigenvalue weighted by atomic mass is 10.1. The highest BCUT2D eigenvalue weighted by atomic mass is 19.1. The smallest absolute Gasteiger partial charge is 0.225 e. The second-order valence-corrected chi connectivity index (χ2v) is 6.83. The summed E-state index contributed by atoms with van der Waals surface area (Å²) in [5.41, 5.74) is -0.128. The highest BCUT2D eigenvalue weighted by molar-refractivity contribution is 5.91. The molecule has 26 heavy (non-hydrogen) atoms. The van der Waals surface area contributed by atoms with E-state index in [-0.39, 0.29) is 16.4 Å². The van der Waals surface area contributed by atoms with E-state index in [9.17, 15) is 13.2 Å². The number of hydrogen-bond donors (Lipinski definition) is 1. The largest absolute Gasteiger partial charge is 0.345 e. The minimum atomic E-state index is -0.525. The summed E-state index contributed by atoms with van der Waals surface area (Å²) < 4.78 is 41.4. The molecule has 3 heterocycles. The molecule has 1 N–H and O–H groups in total. The predicted molar refractivity (Wildman–Crippen MR) is 89.5 cm³/mol. The number of anilines is 2. The van der Waals surface area contributed by atoms with Gasteiger partial charge in [-0.25, -0.2) is 23.1 Å². The number of piperazine rings is 1. The quantitative estimate of drug-likeness (QED) is 0.761. The summed E-state index contributed by atoms with van der Waals surface area (Å²) in [6.07, 6.45) is 4.12. The summed E-state index contributed by atoms with van der Waals surface area (Å²) in [5, 5.41) is 7.01. The first-order valence-electron chi connectivity index (χ1n) is 8.40. The fraction of sp³-hybridized carbons (Fsp3) is 0.353. The van der Waals surface area contributed by atoms with E-state index in [2.05, 4.69) is 20.2 Å². The molecule has 2 fully saturated rings. The third-order valence-corrected chi connectivity index (χ3v) is 5.22. The van der Waals surface area contributed by atoms with Gasteiger partial charge in [-0.3, -0.25) is 5.10 Å². The zero-order valence-corrected chi connectivity index (χ0v) is 13.7. The zero-order chi connectivity index (χ0) is 17.9. The lowest BCUT2D eigenvalue weighted by Gasteiger charge is -2.42.